The fourth-order valence-corrected chi connectivity index (χ4v) is 2.49. The van der Waals surface area contributed by atoms with Crippen molar-refractivity contribution >= 4 is 11.6 Å². The Morgan fingerprint density at radius 1 is 1.24 bits per heavy atom. The molecule has 0 aliphatic carbocycles. The Bertz CT molecular complexity index is 455. The van der Waals surface area contributed by atoms with E-state index in [0.717, 1.165) is 38.5 Å². The van der Waals surface area contributed by atoms with Gasteiger partial charge in [-0.15, -0.1) is 0 Å². The summed E-state index contributed by atoms with van der Waals surface area (Å²) >= 11 is 0. The summed E-state index contributed by atoms with van der Waals surface area (Å²) in [5, 5.41) is 0. The highest BCUT2D eigenvalue weighted by Crippen LogP contribution is 2.20. The number of ether oxygens (including phenoxy) is 1. The molecule has 1 unspecified atom stereocenters. The maximum atomic E-state index is 10.9. The molecule has 0 bridgehead atoms. The van der Waals surface area contributed by atoms with Gasteiger partial charge in [-0.25, -0.2) is 0 Å². The van der Waals surface area contributed by atoms with Gasteiger partial charge in [-0.2, -0.15) is 0 Å². The third-order valence-corrected chi connectivity index (χ3v) is 3.93. The molecule has 6 nitrogen and oxygen atoms in total. The number of anilines is 1. The predicted molar refractivity (Wildman–Crippen MR) is 83.4 cm³/mol. The molecule has 0 aromatic heterocycles. The third-order valence-electron chi connectivity index (χ3n) is 3.93. The molecule has 1 aliphatic heterocycles. The van der Waals surface area contributed by atoms with Gasteiger partial charge in [0.15, 0.2) is 0 Å². The van der Waals surface area contributed by atoms with Crippen molar-refractivity contribution < 1.29 is 9.53 Å². The number of nitrogens with zero attached hydrogens (tertiary/aromatic N) is 2. The van der Waals surface area contributed by atoms with Crippen LogP contribution < -0.4 is 21.1 Å². The lowest BCUT2D eigenvalue weighted by molar-refractivity contribution is -0.119. The molecule has 1 aromatic rings. The van der Waals surface area contributed by atoms with Crippen LogP contribution in [0.15, 0.2) is 24.3 Å². The van der Waals surface area contributed by atoms with E-state index in [1.165, 1.54) is 5.69 Å². The van der Waals surface area contributed by atoms with Crippen LogP contribution in [0.2, 0.25) is 0 Å². The molecule has 1 atom stereocenters. The van der Waals surface area contributed by atoms with E-state index in [2.05, 4.69) is 21.9 Å². The summed E-state index contributed by atoms with van der Waals surface area (Å²) in [4.78, 5) is 15.6. The fourth-order valence-electron chi connectivity index (χ4n) is 2.49. The first-order valence-electron chi connectivity index (χ1n) is 7.26. The Morgan fingerprint density at radius 2 is 1.86 bits per heavy atom. The minimum Gasteiger partial charge on any atom is -0.497 e. The van der Waals surface area contributed by atoms with Crippen molar-refractivity contribution in [1.82, 2.24) is 4.90 Å². The number of amides is 1. The van der Waals surface area contributed by atoms with Gasteiger partial charge in [0.05, 0.1) is 13.2 Å². The quantitative estimate of drug-likeness (QED) is 0.772. The Labute approximate surface area is 125 Å². The molecule has 2 rings (SSSR count). The molecule has 1 aliphatic rings. The van der Waals surface area contributed by atoms with Crippen LogP contribution in [0.4, 0.5) is 5.69 Å². The van der Waals surface area contributed by atoms with Gasteiger partial charge in [-0.05, 0) is 30.7 Å². The normalized spacial score (nSPS) is 17.5. The van der Waals surface area contributed by atoms with Gasteiger partial charge >= 0.3 is 0 Å². The van der Waals surface area contributed by atoms with Crippen LogP contribution in [-0.4, -0.2) is 56.7 Å². The molecule has 116 valence electrons. The van der Waals surface area contributed by atoms with Gasteiger partial charge in [-0.1, -0.05) is 0 Å². The predicted octanol–water partition coefficient (Wildman–Crippen LogP) is 0.0199. The first-order valence-corrected chi connectivity index (χ1v) is 7.26. The Balaban J connectivity index is 1.78. The lowest BCUT2D eigenvalue weighted by Gasteiger charge is -2.36. The average molecular weight is 292 g/mol. The summed E-state index contributed by atoms with van der Waals surface area (Å²) in [7, 11) is 1.67. The third kappa shape index (κ3) is 4.34. The molecule has 1 saturated heterocycles. The summed E-state index contributed by atoms with van der Waals surface area (Å²) in [5.74, 6) is 0.449. The second-order valence-corrected chi connectivity index (χ2v) is 5.32. The van der Waals surface area contributed by atoms with Crippen LogP contribution in [0, 0.1) is 0 Å². The Hall–Kier alpha value is -1.79. The van der Waals surface area contributed by atoms with E-state index in [1.54, 1.807) is 7.11 Å². The van der Waals surface area contributed by atoms with Crippen LogP contribution >= 0.6 is 0 Å². The minimum absolute atomic E-state index is 0.424. The highest BCUT2D eigenvalue weighted by atomic mass is 16.5. The van der Waals surface area contributed by atoms with E-state index in [0.29, 0.717) is 6.42 Å². The van der Waals surface area contributed by atoms with Crippen molar-refractivity contribution in [3.8, 4) is 5.75 Å². The number of hydrogen-bond acceptors (Lipinski definition) is 5. The molecule has 1 fully saturated rings. The van der Waals surface area contributed by atoms with Gasteiger partial charge in [0.1, 0.15) is 5.75 Å². The van der Waals surface area contributed by atoms with E-state index in [4.69, 9.17) is 16.2 Å². The summed E-state index contributed by atoms with van der Waals surface area (Å²) in [5.41, 5.74) is 12.0. The molecular weight excluding hydrogens is 268 g/mol. The number of methoxy groups -OCH3 is 1. The lowest BCUT2D eigenvalue weighted by atomic mass is 10.2. The molecular formula is C15H24N4O2. The van der Waals surface area contributed by atoms with Crippen LogP contribution in [0.3, 0.4) is 0 Å². The molecule has 1 aromatic carbocycles. The Morgan fingerprint density at radius 3 is 2.38 bits per heavy atom. The van der Waals surface area contributed by atoms with E-state index < -0.39 is 11.9 Å². The van der Waals surface area contributed by atoms with Crippen molar-refractivity contribution in [2.45, 2.75) is 12.5 Å². The highest BCUT2D eigenvalue weighted by Gasteiger charge is 2.18. The molecule has 1 heterocycles. The smallest absolute Gasteiger partial charge is 0.234 e. The number of carbonyl (C=O) groups is 1. The monoisotopic (exact) mass is 292 g/mol. The van der Waals surface area contributed by atoms with Crippen molar-refractivity contribution in [3.05, 3.63) is 24.3 Å². The number of nitrogens with two attached hydrogens (primary N) is 2. The SMILES string of the molecule is COc1ccc(N2CCN(CCC(N)C(N)=O)CC2)cc1. The van der Waals surface area contributed by atoms with Crippen molar-refractivity contribution in [1.29, 1.82) is 0 Å². The van der Waals surface area contributed by atoms with Gasteiger partial charge in [0.25, 0.3) is 0 Å². The number of benzene rings is 1. The van der Waals surface area contributed by atoms with Crippen LogP contribution in [0.1, 0.15) is 6.42 Å². The molecule has 0 radical (unpaired) electrons. The number of piperazine rings is 1. The topological polar surface area (TPSA) is 84.8 Å². The minimum atomic E-state index is -0.537. The zero-order valence-corrected chi connectivity index (χ0v) is 12.5. The van der Waals surface area contributed by atoms with E-state index in [9.17, 15) is 4.79 Å². The number of rotatable bonds is 6. The number of hydrogen-bond donors (Lipinski definition) is 2. The molecule has 4 N–H and O–H groups in total. The van der Waals surface area contributed by atoms with E-state index in [-0.39, 0.29) is 0 Å². The second-order valence-electron chi connectivity index (χ2n) is 5.32. The maximum Gasteiger partial charge on any atom is 0.234 e. The largest absolute Gasteiger partial charge is 0.497 e. The van der Waals surface area contributed by atoms with Crippen molar-refractivity contribution in [2.75, 3.05) is 44.7 Å². The first kappa shape index (κ1) is 15.6. The standard InChI is InChI=1S/C15H24N4O2/c1-21-13-4-2-12(3-5-13)19-10-8-18(9-11-19)7-6-14(16)15(17)20/h2-5,14H,6-11,16H2,1H3,(H2,17,20). The summed E-state index contributed by atoms with van der Waals surface area (Å²) in [6, 6.07) is 7.58. The molecule has 0 spiro atoms. The average Bonchev–Trinajstić information content (AvgIpc) is 2.53. The summed E-state index contributed by atoms with van der Waals surface area (Å²) in [6.45, 7) is 4.70. The van der Waals surface area contributed by atoms with Gasteiger partial charge in [0.2, 0.25) is 5.91 Å². The van der Waals surface area contributed by atoms with Crippen LogP contribution in [0.5, 0.6) is 5.75 Å². The number of carbonyl (C=O) groups excluding carboxylic acids is 1. The molecule has 6 heteroatoms. The van der Waals surface area contributed by atoms with E-state index >= 15 is 0 Å². The second kappa shape index (κ2) is 7.28. The van der Waals surface area contributed by atoms with Crippen molar-refractivity contribution in [3.63, 3.8) is 0 Å². The van der Waals surface area contributed by atoms with Crippen LogP contribution in [-0.2, 0) is 4.79 Å². The highest BCUT2D eigenvalue weighted by molar-refractivity contribution is 5.79. The molecule has 1 amide bonds. The van der Waals surface area contributed by atoms with Crippen LogP contribution in [0.25, 0.3) is 0 Å². The maximum absolute atomic E-state index is 10.9. The first-order chi connectivity index (χ1) is 10.1. The summed E-state index contributed by atoms with van der Waals surface area (Å²) in [6.07, 6.45) is 0.623. The number of primary amides is 1. The fraction of sp³-hybridized carbons (Fsp3) is 0.533. The van der Waals surface area contributed by atoms with Gasteiger partial charge < -0.3 is 21.1 Å². The van der Waals surface area contributed by atoms with Gasteiger partial charge in [0, 0.05) is 38.4 Å². The lowest BCUT2D eigenvalue weighted by Crippen LogP contribution is -2.48. The Kier molecular flexibility index (Phi) is 5.41. The van der Waals surface area contributed by atoms with E-state index in [1.807, 2.05) is 12.1 Å². The molecule has 21 heavy (non-hydrogen) atoms. The van der Waals surface area contributed by atoms with Crippen molar-refractivity contribution in [2.24, 2.45) is 11.5 Å². The van der Waals surface area contributed by atoms with Gasteiger partial charge in [-0.3, -0.25) is 9.69 Å². The molecule has 0 saturated carbocycles. The zero-order chi connectivity index (χ0) is 15.2. The summed E-state index contributed by atoms with van der Waals surface area (Å²) < 4.78 is 5.17. The zero-order valence-electron chi connectivity index (χ0n) is 12.5.